The Hall–Kier alpha value is -3.39. The average Bonchev–Trinajstić information content (AvgIpc) is 3.22. The second-order valence-corrected chi connectivity index (χ2v) is 6.57. The summed E-state index contributed by atoms with van der Waals surface area (Å²) < 4.78 is 16.5. The normalized spacial score (nSPS) is 11.7. The molecule has 0 radical (unpaired) electrons. The minimum absolute atomic E-state index is 0.0666. The van der Waals surface area contributed by atoms with Crippen molar-refractivity contribution in [1.29, 1.82) is 0 Å². The summed E-state index contributed by atoms with van der Waals surface area (Å²) in [6, 6.07) is 13.1. The molecule has 30 heavy (non-hydrogen) atoms. The largest absolute Gasteiger partial charge is 0.494 e. The topological polar surface area (TPSA) is 91.5 Å². The lowest BCUT2D eigenvalue weighted by Crippen LogP contribution is -2.25. The lowest BCUT2D eigenvalue weighted by molar-refractivity contribution is 0.0836. The van der Waals surface area contributed by atoms with Crippen LogP contribution in [0.2, 0.25) is 0 Å². The van der Waals surface area contributed by atoms with Gasteiger partial charge in [-0.25, -0.2) is 0 Å². The van der Waals surface area contributed by atoms with Gasteiger partial charge in [0.2, 0.25) is 5.82 Å². The fraction of sp³-hybridized carbons (Fsp3) is 0.318. The van der Waals surface area contributed by atoms with Gasteiger partial charge in [0.1, 0.15) is 18.5 Å². The fourth-order valence-corrected chi connectivity index (χ4v) is 2.86. The predicted octanol–water partition coefficient (Wildman–Crippen LogP) is 2.92. The standard InChI is InChI=1S/C22H26N4O4/c1-4-6-16-7-12-20(21(13-16)28-3)30-15-18(27)14-26-24-22(23-25-26)17-8-10-19(11-9-17)29-5-2/h4,7-13,18,27H,1,5-6,14-15H2,2-3H3/t18-/m0/s1. The second-order valence-electron chi connectivity index (χ2n) is 6.57. The van der Waals surface area contributed by atoms with Crippen LogP contribution in [0.15, 0.2) is 55.1 Å². The Labute approximate surface area is 175 Å². The van der Waals surface area contributed by atoms with E-state index in [2.05, 4.69) is 22.0 Å². The van der Waals surface area contributed by atoms with Gasteiger partial charge in [-0.2, -0.15) is 4.80 Å². The maximum absolute atomic E-state index is 10.3. The highest BCUT2D eigenvalue weighted by Gasteiger charge is 2.13. The van der Waals surface area contributed by atoms with Crippen LogP contribution < -0.4 is 14.2 Å². The molecule has 0 amide bonds. The van der Waals surface area contributed by atoms with Crippen molar-refractivity contribution in [2.75, 3.05) is 20.3 Å². The summed E-state index contributed by atoms with van der Waals surface area (Å²) in [6.07, 6.45) is 1.75. The van der Waals surface area contributed by atoms with Crippen molar-refractivity contribution in [3.05, 3.63) is 60.7 Å². The number of benzene rings is 2. The molecule has 0 spiro atoms. The third-order valence-corrected chi connectivity index (χ3v) is 4.29. The Kier molecular flexibility index (Phi) is 7.40. The van der Waals surface area contributed by atoms with Gasteiger partial charge in [-0.05, 0) is 60.5 Å². The molecule has 3 rings (SSSR count). The van der Waals surface area contributed by atoms with Crippen LogP contribution in [0.3, 0.4) is 0 Å². The molecule has 0 aliphatic carbocycles. The molecule has 0 unspecified atom stereocenters. The molecule has 0 bridgehead atoms. The molecule has 3 aromatic rings. The van der Waals surface area contributed by atoms with Crippen LogP contribution in [0.5, 0.6) is 17.2 Å². The van der Waals surface area contributed by atoms with Gasteiger partial charge >= 0.3 is 0 Å². The first-order valence-electron chi connectivity index (χ1n) is 9.72. The van der Waals surface area contributed by atoms with E-state index in [1.54, 1.807) is 7.11 Å². The van der Waals surface area contributed by atoms with Gasteiger partial charge in [0.25, 0.3) is 0 Å². The number of methoxy groups -OCH3 is 1. The molecular weight excluding hydrogens is 384 g/mol. The van der Waals surface area contributed by atoms with Gasteiger partial charge < -0.3 is 19.3 Å². The van der Waals surface area contributed by atoms with E-state index in [9.17, 15) is 5.11 Å². The van der Waals surface area contributed by atoms with E-state index in [1.807, 2.05) is 55.5 Å². The van der Waals surface area contributed by atoms with Gasteiger partial charge in [0, 0.05) is 5.56 Å². The van der Waals surface area contributed by atoms with Crippen molar-refractivity contribution >= 4 is 0 Å². The molecule has 8 nitrogen and oxygen atoms in total. The molecule has 158 valence electrons. The van der Waals surface area contributed by atoms with Crippen LogP contribution in [0.4, 0.5) is 0 Å². The predicted molar refractivity (Wildman–Crippen MR) is 113 cm³/mol. The average molecular weight is 410 g/mol. The van der Waals surface area contributed by atoms with Gasteiger partial charge in [0.15, 0.2) is 11.5 Å². The van der Waals surface area contributed by atoms with Crippen LogP contribution in [0, 0.1) is 0 Å². The van der Waals surface area contributed by atoms with E-state index >= 15 is 0 Å². The first-order valence-corrected chi connectivity index (χ1v) is 9.72. The molecule has 0 saturated carbocycles. The third kappa shape index (κ3) is 5.57. The molecule has 0 aliphatic heterocycles. The summed E-state index contributed by atoms with van der Waals surface area (Å²) in [5.74, 6) is 2.43. The number of hydrogen-bond donors (Lipinski definition) is 1. The number of aliphatic hydroxyl groups is 1. The summed E-state index contributed by atoms with van der Waals surface area (Å²) in [5.41, 5.74) is 1.89. The molecule has 1 atom stereocenters. The molecular formula is C22H26N4O4. The summed E-state index contributed by atoms with van der Waals surface area (Å²) in [4.78, 5) is 1.35. The summed E-state index contributed by atoms with van der Waals surface area (Å²) in [6.45, 7) is 6.50. The Morgan fingerprint density at radius 3 is 2.63 bits per heavy atom. The van der Waals surface area contributed by atoms with Crippen molar-refractivity contribution < 1.29 is 19.3 Å². The van der Waals surface area contributed by atoms with Gasteiger partial charge in [0.05, 0.1) is 20.3 Å². The van der Waals surface area contributed by atoms with Crippen molar-refractivity contribution in [2.24, 2.45) is 0 Å². The number of rotatable bonds is 11. The van der Waals surface area contributed by atoms with Gasteiger partial charge in [-0.3, -0.25) is 0 Å². The second kappa shape index (κ2) is 10.4. The zero-order valence-electron chi connectivity index (χ0n) is 17.2. The number of tetrazole rings is 1. The van der Waals surface area contributed by atoms with E-state index < -0.39 is 6.10 Å². The Bertz CT molecular complexity index is 956. The minimum atomic E-state index is -0.815. The van der Waals surface area contributed by atoms with Crippen molar-refractivity contribution in [3.63, 3.8) is 0 Å². The number of ether oxygens (including phenoxy) is 3. The Morgan fingerprint density at radius 2 is 1.93 bits per heavy atom. The quantitative estimate of drug-likeness (QED) is 0.486. The van der Waals surface area contributed by atoms with E-state index in [0.717, 1.165) is 23.3 Å². The highest BCUT2D eigenvalue weighted by Crippen LogP contribution is 2.28. The molecule has 8 heteroatoms. The lowest BCUT2D eigenvalue weighted by atomic mass is 10.1. The number of nitrogens with zero attached hydrogens (tertiary/aromatic N) is 4. The van der Waals surface area contributed by atoms with Crippen molar-refractivity contribution in [1.82, 2.24) is 20.2 Å². The highest BCUT2D eigenvalue weighted by molar-refractivity contribution is 5.55. The number of hydrogen-bond acceptors (Lipinski definition) is 7. The summed E-state index contributed by atoms with van der Waals surface area (Å²) in [7, 11) is 1.58. The van der Waals surface area contributed by atoms with E-state index in [-0.39, 0.29) is 13.2 Å². The molecule has 2 aromatic carbocycles. The van der Waals surface area contributed by atoms with Gasteiger partial charge in [-0.1, -0.05) is 12.1 Å². The molecule has 1 aromatic heterocycles. The summed E-state index contributed by atoms with van der Waals surface area (Å²) in [5, 5.41) is 22.7. The van der Waals surface area contributed by atoms with Crippen LogP contribution in [0.25, 0.3) is 11.4 Å². The monoisotopic (exact) mass is 410 g/mol. The lowest BCUT2D eigenvalue weighted by Gasteiger charge is -2.14. The Morgan fingerprint density at radius 1 is 1.13 bits per heavy atom. The molecule has 0 aliphatic rings. The van der Waals surface area contributed by atoms with Crippen LogP contribution in [-0.4, -0.2) is 51.7 Å². The highest BCUT2D eigenvalue weighted by atomic mass is 16.5. The molecule has 1 N–H and O–H groups in total. The minimum Gasteiger partial charge on any atom is -0.494 e. The van der Waals surface area contributed by atoms with Crippen molar-refractivity contribution in [3.8, 4) is 28.6 Å². The van der Waals surface area contributed by atoms with E-state index in [1.165, 1.54) is 4.80 Å². The van der Waals surface area contributed by atoms with E-state index in [0.29, 0.717) is 23.9 Å². The molecule has 0 fully saturated rings. The maximum Gasteiger partial charge on any atom is 0.204 e. The van der Waals surface area contributed by atoms with Crippen LogP contribution in [0.1, 0.15) is 12.5 Å². The zero-order chi connectivity index (χ0) is 21.3. The SMILES string of the molecule is C=CCc1ccc(OC[C@@H](O)Cn2nnc(-c3ccc(OCC)cc3)n2)c(OC)c1. The van der Waals surface area contributed by atoms with E-state index in [4.69, 9.17) is 14.2 Å². The third-order valence-electron chi connectivity index (χ3n) is 4.29. The summed E-state index contributed by atoms with van der Waals surface area (Å²) >= 11 is 0. The first-order chi connectivity index (χ1) is 14.6. The van der Waals surface area contributed by atoms with Gasteiger partial charge in [-0.15, -0.1) is 16.8 Å². The Balaban J connectivity index is 1.57. The fourth-order valence-electron chi connectivity index (χ4n) is 2.86. The zero-order valence-corrected chi connectivity index (χ0v) is 17.2. The smallest absolute Gasteiger partial charge is 0.204 e. The van der Waals surface area contributed by atoms with Crippen LogP contribution in [-0.2, 0) is 13.0 Å². The number of aromatic nitrogens is 4. The maximum atomic E-state index is 10.3. The first kappa shape index (κ1) is 21.3. The van der Waals surface area contributed by atoms with Crippen molar-refractivity contribution in [2.45, 2.75) is 26.0 Å². The van der Waals surface area contributed by atoms with Crippen LogP contribution >= 0.6 is 0 Å². The molecule has 1 heterocycles. The number of aliphatic hydroxyl groups excluding tert-OH is 1. The number of allylic oxidation sites excluding steroid dienone is 1. The molecule has 0 saturated heterocycles.